The van der Waals surface area contributed by atoms with Crippen LogP contribution in [-0.2, 0) is 9.59 Å². The average Bonchev–Trinajstić information content (AvgIpc) is 2.28. The second-order valence-electron chi connectivity index (χ2n) is 3.19. The topological polar surface area (TPSA) is 55.4 Å². The number of nitrogens with one attached hydrogen (secondary N) is 1. The number of ketones is 1. The molecule has 1 rings (SSSR count). The molecule has 1 amide bonds. The number of carbonyl (C=O) groups excluding carboxylic acids is 2. The van der Waals surface area contributed by atoms with Crippen LogP contribution in [0.25, 0.3) is 0 Å². The first-order chi connectivity index (χ1) is 7.54. The third-order valence-corrected chi connectivity index (χ3v) is 1.94. The molecule has 0 spiro atoms. The van der Waals surface area contributed by atoms with E-state index in [9.17, 15) is 14.0 Å². The van der Waals surface area contributed by atoms with Crippen LogP contribution in [0.3, 0.4) is 0 Å². The molecule has 0 fully saturated rings. The Morgan fingerprint density at radius 1 is 1.31 bits per heavy atom. The predicted octanol–water partition coefficient (Wildman–Crippen LogP) is 1.56. The van der Waals surface area contributed by atoms with E-state index in [0.717, 1.165) is 6.92 Å². The lowest BCUT2D eigenvalue weighted by Gasteiger charge is -2.07. The van der Waals surface area contributed by atoms with Gasteiger partial charge in [0.1, 0.15) is 5.75 Å². The van der Waals surface area contributed by atoms with Crippen molar-refractivity contribution in [2.24, 2.45) is 0 Å². The number of halogens is 1. The maximum atomic E-state index is 13.0. The van der Waals surface area contributed by atoms with Gasteiger partial charge in [0.25, 0.3) is 5.91 Å². The molecular formula is C11H12FNO3. The molecule has 1 atom stereocenters. The number of ether oxygens (including phenoxy) is 1. The first kappa shape index (κ1) is 12.2. The Hall–Kier alpha value is -1.91. The van der Waals surface area contributed by atoms with Crippen LogP contribution in [0.5, 0.6) is 5.75 Å². The Balaban J connectivity index is 2.66. The van der Waals surface area contributed by atoms with Crippen LogP contribution in [-0.4, -0.2) is 25.0 Å². The molecule has 5 heteroatoms. The van der Waals surface area contributed by atoms with E-state index in [-0.39, 0.29) is 0 Å². The molecule has 0 saturated heterocycles. The van der Waals surface area contributed by atoms with Crippen LogP contribution in [0.2, 0.25) is 0 Å². The molecule has 4 nitrogen and oxygen atoms in total. The van der Waals surface area contributed by atoms with Crippen molar-refractivity contribution in [3.63, 3.8) is 0 Å². The molecule has 1 N–H and O–H groups in total. The van der Waals surface area contributed by atoms with Crippen LogP contribution in [0.15, 0.2) is 24.3 Å². The SMILES string of the molecule is COc1ccc(NC(=O)[C@@H](F)C(C)=O)cc1. The van der Waals surface area contributed by atoms with E-state index >= 15 is 0 Å². The Bertz CT molecular complexity index is 389. The molecule has 0 aromatic heterocycles. The minimum Gasteiger partial charge on any atom is -0.497 e. The number of carbonyl (C=O) groups is 2. The first-order valence-electron chi connectivity index (χ1n) is 4.64. The fourth-order valence-corrected chi connectivity index (χ4v) is 1.06. The highest BCUT2D eigenvalue weighted by Gasteiger charge is 2.21. The van der Waals surface area contributed by atoms with Gasteiger partial charge in [0.15, 0.2) is 5.78 Å². The van der Waals surface area contributed by atoms with E-state index in [1.807, 2.05) is 0 Å². The highest BCUT2D eigenvalue weighted by atomic mass is 19.1. The van der Waals surface area contributed by atoms with E-state index in [2.05, 4.69) is 5.32 Å². The van der Waals surface area contributed by atoms with Crippen molar-refractivity contribution in [2.45, 2.75) is 13.1 Å². The minimum absolute atomic E-state index is 0.412. The average molecular weight is 225 g/mol. The van der Waals surface area contributed by atoms with E-state index < -0.39 is 17.9 Å². The van der Waals surface area contributed by atoms with Gasteiger partial charge in [-0.15, -0.1) is 0 Å². The molecule has 0 bridgehead atoms. The summed E-state index contributed by atoms with van der Waals surface area (Å²) in [6.45, 7) is 1.03. The standard InChI is InChI=1S/C11H12FNO3/c1-7(14)10(12)11(15)13-8-3-5-9(16-2)6-4-8/h3-6,10H,1-2H3,(H,13,15)/t10-/m0/s1. The summed E-state index contributed by atoms with van der Waals surface area (Å²) in [6, 6.07) is 6.36. The van der Waals surface area contributed by atoms with Gasteiger partial charge in [-0.2, -0.15) is 0 Å². The lowest BCUT2D eigenvalue weighted by atomic mass is 10.2. The fourth-order valence-electron chi connectivity index (χ4n) is 1.06. The van der Waals surface area contributed by atoms with Gasteiger partial charge < -0.3 is 10.1 Å². The minimum atomic E-state index is -2.12. The molecule has 0 aliphatic rings. The van der Waals surface area contributed by atoms with Crippen molar-refractivity contribution >= 4 is 17.4 Å². The summed E-state index contributed by atoms with van der Waals surface area (Å²) in [6.07, 6.45) is -2.12. The Morgan fingerprint density at radius 3 is 2.31 bits per heavy atom. The molecule has 0 aliphatic heterocycles. The van der Waals surface area contributed by atoms with Crippen molar-refractivity contribution < 1.29 is 18.7 Å². The summed E-state index contributed by atoms with van der Waals surface area (Å²) in [5.74, 6) is -1.15. The van der Waals surface area contributed by atoms with Gasteiger partial charge in [0.05, 0.1) is 7.11 Å². The Morgan fingerprint density at radius 2 is 1.88 bits per heavy atom. The third kappa shape index (κ3) is 3.05. The molecule has 0 radical (unpaired) electrons. The summed E-state index contributed by atoms with van der Waals surface area (Å²) >= 11 is 0. The zero-order chi connectivity index (χ0) is 12.1. The molecule has 16 heavy (non-hydrogen) atoms. The van der Waals surface area contributed by atoms with Crippen molar-refractivity contribution in [1.82, 2.24) is 0 Å². The quantitative estimate of drug-likeness (QED) is 0.791. The van der Waals surface area contributed by atoms with Gasteiger partial charge in [-0.05, 0) is 31.2 Å². The van der Waals surface area contributed by atoms with Crippen LogP contribution in [0.1, 0.15) is 6.92 Å². The fraction of sp³-hybridized carbons (Fsp3) is 0.273. The van der Waals surface area contributed by atoms with Crippen LogP contribution < -0.4 is 10.1 Å². The molecule has 0 heterocycles. The number of benzene rings is 1. The molecule has 1 aromatic carbocycles. The number of alkyl halides is 1. The number of Topliss-reactive ketones (excluding diaryl/α,β-unsaturated/α-hetero) is 1. The summed E-state index contributed by atoms with van der Waals surface area (Å²) in [4.78, 5) is 21.8. The van der Waals surface area contributed by atoms with Gasteiger partial charge in [-0.25, -0.2) is 4.39 Å². The predicted molar refractivity (Wildman–Crippen MR) is 57.2 cm³/mol. The molecule has 86 valence electrons. The lowest BCUT2D eigenvalue weighted by Crippen LogP contribution is -2.29. The number of hydrogen-bond acceptors (Lipinski definition) is 3. The van der Waals surface area contributed by atoms with E-state index in [1.165, 1.54) is 7.11 Å². The first-order valence-corrected chi connectivity index (χ1v) is 4.64. The number of anilines is 1. The van der Waals surface area contributed by atoms with Crippen molar-refractivity contribution in [1.29, 1.82) is 0 Å². The van der Waals surface area contributed by atoms with Crippen LogP contribution in [0, 0.1) is 0 Å². The maximum Gasteiger partial charge on any atom is 0.266 e. The number of methoxy groups -OCH3 is 1. The van der Waals surface area contributed by atoms with E-state index in [1.54, 1.807) is 24.3 Å². The highest BCUT2D eigenvalue weighted by Crippen LogP contribution is 2.15. The third-order valence-electron chi connectivity index (χ3n) is 1.94. The van der Waals surface area contributed by atoms with E-state index in [4.69, 9.17) is 4.74 Å². The van der Waals surface area contributed by atoms with Gasteiger partial charge in [0, 0.05) is 5.69 Å². The monoisotopic (exact) mass is 225 g/mol. The molecule has 1 aromatic rings. The smallest absolute Gasteiger partial charge is 0.266 e. The summed E-state index contributed by atoms with van der Waals surface area (Å²) in [7, 11) is 1.51. The van der Waals surface area contributed by atoms with Gasteiger partial charge in [-0.1, -0.05) is 0 Å². The normalized spacial score (nSPS) is 11.7. The van der Waals surface area contributed by atoms with Gasteiger partial charge >= 0.3 is 0 Å². The number of amides is 1. The van der Waals surface area contributed by atoms with Crippen molar-refractivity contribution in [3.05, 3.63) is 24.3 Å². The zero-order valence-electron chi connectivity index (χ0n) is 8.99. The Labute approximate surface area is 92.4 Å². The summed E-state index contributed by atoms with van der Waals surface area (Å²) in [5, 5.41) is 2.28. The second kappa shape index (κ2) is 5.25. The molecule has 0 aliphatic carbocycles. The number of rotatable bonds is 4. The molecule has 0 unspecified atom stereocenters. The largest absolute Gasteiger partial charge is 0.497 e. The van der Waals surface area contributed by atoms with Gasteiger partial charge in [-0.3, -0.25) is 9.59 Å². The summed E-state index contributed by atoms with van der Waals surface area (Å²) < 4.78 is 17.9. The molecule has 0 saturated carbocycles. The van der Waals surface area contributed by atoms with Crippen molar-refractivity contribution in [3.8, 4) is 5.75 Å². The van der Waals surface area contributed by atoms with Crippen molar-refractivity contribution in [2.75, 3.05) is 12.4 Å². The van der Waals surface area contributed by atoms with Crippen LogP contribution >= 0.6 is 0 Å². The second-order valence-corrected chi connectivity index (χ2v) is 3.19. The summed E-state index contributed by atoms with van der Waals surface area (Å²) in [5.41, 5.74) is 0.412. The van der Waals surface area contributed by atoms with Crippen LogP contribution in [0.4, 0.5) is 10.1 Å². The molecular weight excluding hydrogens is 213 g/mol. The maximum absolute atomic E-state index is 13.0. The zero-order valence-corrected chi connectivity index (χ0v) is 8.99. The lowest BCUT2D eigenvalue weighted by molar-refractivity contribution is -0.131. The van der Waals surface area contributed by atoms with Gasteiger partial charge in [0.2, 0.25) is 6.17 Å². The highest BCUT2D eigenvalue weighted by molar-refractivity contribution is 6.08. The van der Waals surface area contributed by atoms with E-state index in [0.29, 0.717) is 11.4 Å². The Kier molecular flexibility index (Phi) is 3.99. The number of hydrogen-bond donors (Lipinski definition) is 1.